The Bertz CT molecular complexity index is 897. The Kier molecular flexibility index (Phi) is 6.73. The summed E-state index contributed by atoms with van der Waals surface area (Å²) in [6.45, 7) is 0. The van der Waals surface area contributed by atoms with E-state index in [1.54, 1.807) is 26.0 Å². The number of thiazole rings is 1. The Morgan fingerprint density at radius 3 is 2.63 bits per heavy atom. The van der Waals surface area contributed by atoms with Crippen LogP contribution in [0.2, 0.25) is 0 Å². The van der Waals surface area contributed by atoms with E-state index >= 15 is 0 Å². The number of nitrogens with zero attached hydrogens (tertiary/aromatic N) is 1. The Morgan fingerprint density at radius 1 is 1.11 bits per heavy atom. The van der Waals surface area contributed by atoms with Gasteiger partial charge in [-0.05, 0) is 30.3 Å². The van der Waals surface area contributed by atoms with Gasteiger partial charge in [0.2, 0.25) is 5.91 Å². The summed E-state index contributed by atoms with van der Waals surface area (Å²) in [7, 11) is 3.20. The monoisotopic (exact) mass is 400 g/mol. The number of hydrogen-bond acceptors (Lipinski definition) is 6. The summed E-state index contributed by atoms with van der Waals surface area (Å²) >= 11 is 3.07. The molecule has 1 aromatic heterocycles. The van der Waals surface area contributed by atoms with E-state index in [2.05, 4.69) is 10.3 Å². The molecule has 0 spiro atoms. The van der Waals surface area contributed by atoms with Crippen LogP contribution >= 0.6 is 23.1 Å². The first kappa shape index (κ1) is 19.3. The molecule has 3 aromatic rings. The van der Waals surface area contributed by atoms with E-state index in [0.717, 1.165) is 21.9 Å². The molecule has 0 fully saturated rings. The number of amides is 1. The van der Waals surface area contributed by atoms with Crippen LogP contribution in [0.25, 0.3) is 11.3 Å². The molecule has 0 saturated heterocycles. The van der Waals surface area contributed by atoms with E-state index in [1.165, 1.54) is 11.3 Å². The number of nitrogens with one attached hydrogen (secondary N) is 1. The predicted octanol–water partition coefficient (Wildman–Crippen LogP) is 4.95. The SMILES string of the molecule is COc1ccc(-c2csc(NC(=O)CCSc3ccccc3)n2)cc1OC. The third-order valence-corrected chi connectivity index (χ3v) is 5.54. The molecule has 2 aromatic carbocycles. The summed E-state index contributed by atoms with van der Waals surface area (Å²) < 4.78 is 10.6. The molecule has 0 radical (unpaired) electrons. The number of aromatic nitrogens is 1. The average Bonchev–Trinajstić information content (AvgIpc) is 3.16. The third kappa shape index (κ3) is 5.24. The standard InChI is InChI=1S/C20H20N2O3S2/c1-24-17-9-8-14(12-18(17)25-2)16-13-27-20(21-16)22-19(23)10-11-26-15-6-4-3-5-7-15/h3-9,12-13H,10-11H2,1-2H3,(H,21,22,23). The quantitative estimate of drug-likeness (QED) is 0.542. The van der Waals surface area contributed by atoms with Gasteiger partial charge in [0.25, 0.3) is 0 Å². The number of carbonyl (C=O) groups excluding carboxylic acids is 1. The summed E-state index contributed by atoms with van der Waals surface area (Å²) in [5, 5.41) is 5.37. The van der Waals surface area contributed by atoms with Gasteiger partial charge in [-0.25, -0.2) is 4.98 Å². The van der Waals surface area contributed by atoms with Crippen molar-refractivity contribution >= 4 is 34.1 Å². The van der Waals surface area contributed by atoms with Crippen molar-refractivity contribution in [3.05, 3.63) is 53.9 Å². The van der Waals surface area contributed by atoms with Crippen LogP contribution in [-0.2, 0) is 4.79 Å². The largest absolute Gasteiger partial charge is 0.493 e. The molecule has 3 rings (SSSR count). The maximum atomic E-state index is 12.1. The zero-order chi connectivity index (χ0) is 19.1. The molecule has 1 amide bonds. The van der Waals surface area contributed by atoms with Crippen molar-refractivity contribution in [2.75, 3.05) is 25.3 Å². The second-order valence-electron chi connectivity index (χ2n) is 5.57. The number of methoxy groups -OCH3 is 2. The lowest BCUT2D eigenvalue weighted by Gasteiger charge is -2.08. The first-order chi connectivity index (χ1) is 13.2. The molecule has 140 valence electrons. The van der Waals surface area contributed by atoms with Crippen LogP contribution in [0, 0.1) is 0 Å². The first-order valence-corrected chi connectivity index (χ1v) is 10.2. The Hall–Kier alpha value is -2.51. The van der Waals surface area contributed by atoms with Crippen LogP contribution in [0.4, 0.5) is 5.13 Å². The lowest BCUT2D eigenvalue weighted by molar-refractivity contribution is -0.115. The Labute approximate surface area is 166 Å². The number of ether oxygens (including phenoxy) is 2. The zero-order valence-electron chi connectivity index (χ0n) is 15.1. The maximum Gasteiger partial charge on any atom is 0.226 e. The van der Waals surface area contributed by atoms with E-state index in [1.807, 2.05) is 53.9 Å². The molecule has 0 saturated carbocycles. The van der Waals surface area contributed by atoms with Crippen molar-refractivity contribution in [2.45, 2.75) is 11.3 Å². The van der Waals surface area contributed by atoms with Gasteiger partial charge >= 0.3 is 0 Å². The van der Waals surface area contributed by atoms with Crippen LogP contribution < -0.4 is 14.8 Å². The average molecular weight is 401 g/mol. The molecular formula is C20H20N2O3S2. The lowest BCUT2D eigenvalue weighted by Crippen LogP contribution is -2.11. The normalized spacial score (nSPS) is 10.4. The van der Waals surface area contributed by atoms with Crippen LogP contribution in [0.3, 0.4) is 0 Å². The molecule has 0 bridgehead atoms. The molecule has 1 N–H and O–H groups in total. The molecule has 0 aliphatic heterocycles. The zero-order valence-corrected chi connectivity index (χ0v) is 16.7. The second kappa shape index (κ2) is 9.43. The van der Waals surface area contributed by atoms with Crippen LogP contribution in [0.1, 0.15) is 6.42 Å². The highest BCUT2D eigenvalue weighted by atomic mass is 32.2. The molecule has 0 atom stereocenters. The Balaban J connectivity index is 1.56. The minimum absolute atomic E-state index is 0.0355. The van der Waals surface area contributed by atoms with Gasteiger partial charge in [0.05, 0.1) is 19.9 Å². The van der Waals surface area contributed by atoms with E-state index < -0.39 is 0 Å². The summed E-state index contributed by atoms with van der Waals surface area (Å²) in [5.74, 6) is 2.00. The van der Waals surface area contributed by atoms with Gasteiger partial charge in [-0.3, -0.25) is 4.79 Å². The van der Waals surface area contributed by atoms with Crippen molar-refractivity contribution in [1.82, 2.24) is 4.98 Å². The molecule has 0 unspecified atom stereocenters. The van der Waals surface area contributed by atoms with Crippen molar-refractivity contribution < 1.29 is 14.3 Å². The van der Waals surface area contributed by atoms with Gasteiger partial charge in [-0.15, -0.1) is 23.1 Å². The van der Waals surface area contributed by atoms with Gasteiger partial charge in [0.1, 0.15) is 0 Å². The van der Waals surface area contributed by atoms with Crippen molar-refractivity contribution in [1.29, 1.82) is 0 Å². The van der Waals surface area contributed by atoms with Crippen molar-refractivity contribution in [3.63, 3.8) is 0 Å². The second-order valence-corrected chi connectivity index (χ2v) is 7.59. The highest BCUT2D eigenvalue weighted by molar-refractivity contribution is 7.99. The highest BCUT2D eigenvalue weighted by Crippen LogP contribution is 2.33. The third-order valence-electron chi connectivity index (χ3n) is 3.77. The van der Waals surface area contributed by atoms with Gasteiger partial charge in [0, 0.05) is 28.0 Å². The summed E-state index contributed by atoms with van der Waals surface area (Å²) in [5.41, 5.74) is 1.69. The molecule has 27 heavy (non-hydrogen) atoms. The van der Waals surface area contributed by atoms with Crippen LogP contribution in [0.5, 0.6) is 11.5 Å². The predicted molar refractivity (Wildman–Crippen MR) is 111 cm³/mol. The highest BCUT2D eigenvalue weighted by Gasteiger charge is 2.11. The molecule has 1 heterocycles. The minimum atomic E-state index is -0.0355. The fraction of sp³-hybridized carbons (Fsp3) is 0.200. The number of benzene rings is 2. The maximum absolute atomic E-state index is 12.1. The van der Waals surface area contributed by atoms with Crippen LogP contribution in [-0.4, -0.2) is 30.9 Å². The van der Waals surface area contributed by atoms with Crippen molar-refractivity contribution in [2.24, 2.45) is 0 Å². The molecule has 7 heteroatoms. The fourth-order valence-corrected chi connectivity index (χ4v) is 4.03. The van der Waals surface area contributed by atoms with Gasteiger partial charge < -0.3 is 14.8 Å². The van der Waals surface area contributed by atoms with E-state index in [0.29, 0.717) is 23.1 Å². The first-order valence-electron chi connectivity index (χ1n) is 8.35. The number of anilines is 1. The van der Waals surface area contributed by atoms with E-state index in [4.69, 9.17) is 9.47 Å². The number of rotatable bonds is 8. The molecule has 0 aliphatic rings. The minimum Gasteiger partial charge on any atom is -0.493 e. The fourth-order valence-electron chi connectivity index (χ4n) is 2.42. The molecular weight excluding hydrogens is 380 g/mol. The number of thioether (sulfide) groups is 1. The van der Waals surface area contributed by atoms with E-state index in [-0.39, 0.29) is 5.91 Å². The molecule has 0 aliphatic carbocycles. The molecule has 5 nitrogen and oxygen atoms in total. The van der Waals surface area contributed by atoms with Gasteiger partial charge in [0.15, 0.2) is 16.6 Å². The number of hydrogen-bond donors (Lipinski definition) is 1. The smallest absolute Gasteiger partial charge is 0.226 e. The number of carbonyl (C=O) groups is 1. The summed E-state index contributed by atoms with van der Waals surface area (Å²) in [4.78, 5) is 17.8. The Morgan fingerprint density at radius 2 is 1.89 bits per heavy atom. The topological polar surface area (TPSA) is 60.5 Å². The van der Waals surface area contributed by atoms with E-state index in [9.17, 15) is 4.79 Å². The van der Waals surface area contributed by atoms with Crippen molar-refractivity contribution in [3.8, 4) is 22.8 Å². The van der Waals surface area contributed by atoms with Gasteiger partial charge in [-0.2, -0.15) is 0 Å². The van der Waals surface area contributed by atoms with Crippen LogP contribution in [0.15, 0.2) is 58.8 Å². The van der Waals surface area contributed by atoms with Gasteiger partial charge in [-0.1, -0.05) is 18.2 Å². The lowest BCUT2D eigenvalue weighted by atomic mass is 10.1. The summed E-state index contributed by atoms with van der Waals surface area (Å²) in [6, 6.07) is 15.7. The summed E-state index contributed by atoms with van der Waals surface area (Å²) in [6.07, 6.45) is 0.435.